The van der Waals surface area contributed by atoms with Crippen molar-refractivity contribution < 1.29 is 0 Å². The predicted molar refractivity (Wildman–Crippen MR) is 89.8 cm³/mol. The largest absolute Gasteiger partial charge is 0.366 e. The second-order valence-corrected chi connectivity index (χ2v) is 6.10. The zero-order valence-corrected chi connectivity index (χ0v) is 13.4. The summed E-state index contributed by atoms with van der Waals surface area (Å²) in [6.45, 7) is 5.29. The van der Waals surface area contributed by atoms with Crippen molar-refractivity contribution in [1.82, 2.24) is 15.1 Å². The van der Waals surface area contributed by atoms with Crippen molar-refractivity contribution in [2.24, 2.45) is 0 Å². The molecule has 0 bridgehead atoms. The molecule has 1 aliphatic rings. The number of aromatic nitrogens is 2. The number of nitriles is 1. The maximum absolute atomic E-state index is 8.74. The van der Waals surface area contributed by atoms with E-state index in [0.717, 1.165) is 38.3 Å². The highest BCUT2D eigenvalue weighted by molar-refractivity contribution is 5.36. The van der Waals surface area contributed by atoms with Crippen LogP contribution in [0.25, 0.3) is 0 Å². The molecule has 1 aliphatic heterocycles. The second kappa shape index (κ2) is 7.21. The number of hydrogen-bond donors (Lipinski definition) is 1. The fourth-order valence-corrected chi connectivity index (χ4v) is 2.87. The Labute approximate surface area is 137 Å². The Kier molecular flexibility index (Phi) is 4.84. The predicted octanol–water partition coefficient (Wildman–Crippen LogP) is 2.73. The van der Waals surface area contributed by atoms with E-state index < -0.39 is 0 Å². The van der Waals surface area contributed by atoms with Gasteiger partial charge in [-0.3, -0.25) is 4.90 Å². The van der Waals surface area contributed by atoms with E-state index in [9.17, 15) is 0 Å². The normalized spacial score (nSPS) is 16.0. The van der Waals surface area contributed by atoms with Crippen molar-refractivity contribution >= 4 is 5.82 Å². The Balaban J connectivity index is 1.48. The van der Waals surface area contributed by atoms with Crippen LogP contribution in [-0.4, -0.2) is 34.2 Å². The number of rotatable bonds is 4. The van der Waals surface area contributed by atoms with Gasteiger partial charge in [0, 0.05) is 25.7 Å². The first-order valence-electron chi connectivity index (χ1n) is 8.01. The van der Waals surface area contributed by atoms with Crippen LogP contribution >= 0.6 is 0 Å². The molecule has 23 heavy (non-hydrogen) atoms. The van der Waals surface area contributed by atoms with Gasteiger partial charge in [-0.05, 0) is 37.5 Å². The van der Waals surface area contributed by atoms with Crippen LogP contribution in [0.15, 0.2) is 36.4 Å². The third-order valence-electron chi connectivity index (χ3n) is 4.25. The van der Waals surface area contributed by atoms with Gasteiger partial charge < -0.3 is 5.32 Å². The van der Waals surface area contributed by atoms with E-state index in [2.05, 4.69) is 51.6 Å². The average Bonchev–Trinajstić information content (AvgIpc) is 2.59. The van der Waals surface area contributed by atoms with E-state index in [-0.39, 0.29) is 0 Å². The van der Waals surface area contributed by atoms with Gasteiger partial charge in [-0.1, -0.05) is 29.8 Å². The van der Waals surface area contributed by atoms with Gasteiger partial charge in [-0.15, -0.1) is 10.2 Å². The number of aryl methyl sites for hydroxylation is 1. The number of anilines is 1. The Morgan fingerprint density at radius 3 is 2.48 bits per heavy atom. The van der Waals surface area contributed by atoms with Crippen molar-refractivity contribution in [1.29, 1.82) is 5.26 Å². The van der Waals surface area contributed by atoms with Crippen molar-refractivity contribution in [3.8, 4) is 6.07 Å². The molecule has 118 valence electrons. The van der Waals surface area contributed by atoms with Crippen molar-refractivity contribution in [2.75, 3.05) is 18.4 Å². The van der Waals surface area contributed by atoms with Crippen LogP contribution in [0.4, 0.5) is 5.82 Å². The maximum Gasteiger partial charge on any atom is 0.163 e. The fourth-order valence-electron chi connectivity index (χ4n) is 2.87. The quantitative estimate of drug-likeness (QED) is 0.941. The van der Waals surface area contributed by atoms with Gasteiger partial charge >= 0.3 is 0 Å². The summed E-state index contributed by atoms with van der Waals surface area (Å²) in [5.41, 5.74) is 3.03. The molecule has 1 saturated heterocycles. The summed E-state index contributed by atoms with van der Waals surface area (Å²) in [6.07, 6.45) is 2.18. The summed E-state index contributed by atoms with van der Waals surface area (Å²) >= 11 is 0. The van der Waals surface area contributed by atoms with Crippen LogP contribution in [0.1, 0.15) is 29.7 Å². The zero-order chi connectivity index (χ0) is 16.1. The molecule has 0 radical (unpaired) electrons. The second-order valence-electron chi connectivity index (χ2n) is 6.10. The highest BCUT2D eigenvalue weighted by Gasteiger charge is 2.19. The van der Waals surface area contributed by atoms with Gasteiger partial charge in [0.2, 0.25) is 0 Å². The standard InChI is InChI=1S/C18H21N5/c1-14-2-4-15(5-3-14)13-23-10-8-16(9-11-23)20-18-7-6-17(12-19)21-22-18/h2-7,16H,8-11,13H2,1H3,(H,20,22). The third-order valence-corrected chi connectivity index (χ3v) is 4.25. The first-order valence-corrected chi connectivity index (χ1v) is 8.01. The van der Waals surface area contributed by atoms with Gasteiger partial charge in [0.25, 0.3) is 0 Å². The fraction of sp³-hybridized carbons (Fsp3) is 0.389. The summed E-state index contributed by atoms with van der Waals surface area (Å²) in [5.74, 6) is 0.751. The van der Waals surface area contributed by atoms with Crippen LogP contribution in [-0.2, 0) is 6.54 Å². The summed E-state index contributed by atoms with van der Waals surface area (Å²) in [4.78, 5) is 2.49. The molecule has 1 N–H and O–H groups in total. The van der Waals surface area contributed by atoms with Crippen LogP contribution < -0.4 is 5.32 Å². The molecule has 0 amide bonds. The van der Waals surface area contributed by atoms with Gasteiger partial charge in [0.15, 0.2) is 5.69 Å². The molecule has 0 unspecified atom stereocenters. The van der Waals surface area contributed by atoms with E-state index in [1.54, 1.807) is 6.07 Å². The number of piperidine rings is 1. The van der Waals surface area contributed by atoms with E-state index in [0.29, 0.717) is 11.7 Å². The first-order chi connectivity index (χ1) is 11.2. The van der Waals surface area contributed by atoms with Gasteiger partial charge in [-0.2, -0.15) is 5.26 Å². The molecule has 5 heteroatoms. The molecule has 0 aliphatic carbocycles. The topological polar surface area (TPSA) is 64.8 Å². The zero-order valence-electron chi connectivity index (χ0n) is 13.4. The van der Waals surface area contributed by atoms with Crippen molar-refractivity contribution in [2.45, 2.75) is 32.4 Å². The summed E-state index contributed by atoms with van der Waals surface area (Å²) in [6, 6.07) is 14.7. The van der Waals surface area contributed by atoms with Gasteiger partial charge in [0.1, 0.15) is 11.9 Å². The van der Waals surface area contributed by atoms with Gasteiger partial charge in [0.05, 0.1) is 0 Å². The molecular weight excluding hydrogens is 286 g/mol. The number of hydrogen-bond acceptors (Lipinski definition) is 5. The van der Waals surface area contributed by atoms with Crippen LogP contribution in [0.3, 0.4) is 0 Å². The molecule has 5 nitrogen and oxygen atoms in total. The van der Waals surface area contributed by atoms with Crippen LogP contribution in [0.5, 0.6) is 0 Å². The lowest BCUT2D eigenvalue weighted by atomic mass is 10.0. The number of nitrogens with zero attached hydrogens (tertiary/aromatic N) is 4. The number of likely N-dealkylation sites (tertiary alicyclic amines) is 1. The SMILES string of the molecule is Cc1ccc(CN2CCC(Nc3ccc(C#N)nn3)CC2)cc1. The first kappa shape index (κ1) is 15.4. The lowest BCUT2D eigenvalue weighted by Crippen LogP contribution is -2.38. The lowest BCUT2D eigenvalue weighted by Gasteiger charge is -2.32. The summed E-state index contributed by atoms with van der Waals surface area (Å²) in [7, 11) is 0. The van der Waals surface area contributed by atoms with Gasteiger partial charge in [-0.25, -0.2) is 0 Å². The van der Waals surface area contributed by atoms with Crippen LogP contribution in [0, 0.1) is 18.3 Å². The van der Waals surface area contributed by atoms with Crippen molar-refractivity contribution in [3.63, 3.8) is 0 Å². The Hall–Kier alpha value is -2.45. The average molecular weight is 307 g/mol. The van der Waals surface area contributed by atoms with E-state index in [4.69, 9.17) is 5.26 Å². The van der Waals surface area contributed by atoms with Crippen molar-refractivity contribution in [3.05, 3.63) is 53.2 Å². The summed E-state index contributed by atoms with van der Waals surface area (Å²) in [5, 5.41) is 20.0. The highest BCUT2D eigenvalue weighted by Crippen LogP contribution is 2.17. The van der Waals surface area contributed by atoms with E-state index in [1.165, 1.54) is 11.1 Å². The minimum atomic E-state index is 0.350. The van der Waals surface area contributed by atoms with E-state index in [1.807, 2.05) is 12.1 Å². The molecule has 1 aromatic carbocycles. The highest BCUT2D eigenvalue weighted by atomic mass is 15.2. The number of nitrogens with one attached hydrogen (secondary N) is 1. The van der Waals surface area contributed by atoms with E-state index >= 15 is 0 Å². The third kappa shape index (κ3) is 4.27. The summed E-state index contributed by atoms with van der Waals surface area (Å²) < 4.78 is 0. The Bertz CT molecular complexity index is 664. The van der Waals surface area contributed by atoms with Crippen LogP contribution in [0.2, 0.25) is 0 Å². The monoisotopic (exact) mass is 307 g/mol. The molecular formula is C18H21N5. The molecule has 0 saturated carbocycles. The Morgan fingerprint density at radius 1 is 1.13 bits per heavy atom. The molecule has 2 aromatic rings. The molecule has 1 fully saturated rings. The Morgan fingerprint density at radius 2 is 1.87 bits per heavy atom. The molecule has 2 heterocycles. The number of benzene rings is 1. The minimum Gasteiger partial charge on any atom is -0.366 e. The molecule has 0 spiro atoms. The molecule has 1 aromatic heterocycles. The molecule has 3 rings (SSSR count). The lowest BCUT2D eigenvalue weighted by molar-refractivity contribution is 0.211. The smallest absolute Gasteiger partial charge is 0.163 e. The minimum absolute atomic E-state index is 0.350. The maximum atomic E-state index is 8.74. The molecule has 0 atom stereocenters.